The summed E-state index contributed by atoms with van der Waals surface area (Å²) in [5.74, 6) is 1.07. The first-order chi connectivity index (χ1) is 7.79. The number of carbonyl (C=O) groups is 1. The molecule has 90 valence electrons. The van der Waals surface area contributed by atoms with Crippen molar-refractivity contribution in [1.82, 2.24) is 10.6 Å². The quantitative estimate of drug-likeness (QED) is 0.670. The van der Waals surface area contributed by atoms with E-state index in [1.54, 1.807) is 0 Å². The molecule has 1 amide bonds. The second-order valence-corrected chi connectivity index (χ2v) is 5.02. The molecule has 1 heterocycles. The lowest BCUT2D eigenvalue weighted by Gasteiger charge is -2.28. The minimum absolute atomic E-state index is 0.201. The third kappa shape index (κ3) is 3.34. The second kappa shape index (κ2) is 5.48. The van der Waals surface area contributed by atoms with Crippen molar-refractivity contribution in [3.05, 3.63) is 12.7 Å². The van der Waals surface area contributed by atoms with E-state index < -0.39 is 0 Å². The molecule has 3 heteroatoms. The molecule has 2 fully saturated rings. The van der Waals surface area contributed by atoms with E-state index in [2.05, 4.69) is 17.2 Å². The molecule has 1 saturated heterocycles. The number of rotatable bonds is 6. The lowest BCUT2D eigenvalue weighted by Crippen LogP contribution is -2.49. The fourth-order valence-electron chi connectivity index (χ4n) is 2.43. The van der Waals surface area contributed by atoms with Gasteiger partial charge in [0.1, 0.15) is 0 Å². The van der Waals surface area contributed by atoms with Crippen molar-refractivity contribution >= 4 is 5.91 Å². The third-order valence-corrected chi connectivity index (χ3v) is 3.59. The molecule has 1 saturated carbocycles. The van der Waals surface area contributed by atoms with E-state index in [0.29, 0.717) is 18.5 Å². The van der Waals surface area contributed by atoms with Gasteiger partial charge in [0, 0.05) is 25.0 Å². The molecular weight excluding hydrogens is 200 g/mol. The Morgan fingerprint density at radius 2 is 2.31 bits per heavy atom. The van der Waals surface area contributed by atoms with Gasteiger partial charge in [0.15, 0.2) is 0 Å². The minimum Gasteiger partial charge on any atom is -0.355 e. The lowest BCUT2D eigenvalue weighted by molar-refractivity contribution is -0.122. The first-order valence-electron chi connectivity index (χ1n) is 6.43. The highest BCUT2D eigenvalue weighted by Crippen LogP contribution is 2.35. The molecule has 2 N–H and O–H groups in total. The van der Waals surface area contributed by atoms with Gasteiger partial charge in [0.25, 0.3) is 0 Å². The van der Waals surface area contributed by atoms with Gasteiger partial charge in [-0.2, -0.15) is 0 Å². The summed E-state index contributed by atoms with van der Waals surface area (Å²) in [6, 6.07) is 1.12. The van der Waals surface area contributed by atoms with Crippen LogP contribution >= 0.6 is 0 Å². The van der Waals surface area contributed by atoms with Crippen LogP contribution in [0.25, 0.3) is 0 Å². The molecule has 0 aromatic rings. The highest BCUT2D eigenvalue weighted by Gasteiger charge is 2.32. The van der Waals surface area contributed by atoms with E-state index in [1.807, 2.05) is 6.08 Å². The highest BCUT2D eigenvalue weighted by atomic mass is 16.1. The van der Waals surface area contributed by atoms with Crippen LogP contribution in [0.5, 0.6) is 0 Å². The molecule has 2 aliphatic rings. The summed E-state index contributed by atoms with van der Waals surface area (Å²) in [4.78, 5) is 11.1. The van der Waals surface area contributed by atoms with Gasteiger partial charge in [-0.1, -0.05) is 6.08 Å². The summed E-state index contributed by atoms with van der Waals surface area (Å²) < 4.78 is 0. The van der Waals surface area contributed by atoms with Crippen LogP contribution in [0.2, 0.25) is 0 Å². The lowest BCUT2D eigenvalue weighted by atomic mass is 10.0. The number of carbonyl (C=O) groups excluding carboxylic acids is 1. The third-order valence-electron chi connectivity index (χ3n) is 3.59. The molecule has 0 spiro atoms. The summed E-state index contributed by atoms with van der Waals surface area (Å²) in [6.07, 6.45) is 8.69. The number of hydrogen-bond acceptors (Lipinski definition) is 2. The van der Waals surface area contributed by atoms with Crippen molar-refractivity contribution in [2.45, 2.75) is 50.6 Å². The standard InChI is InChI=1S/C13H22N2O/c1-2-3-4-12(10-5-6-10)15-11-7-8-13(16)14-9-11/h2,10-12,15H,1,3-9H2,(H,14,16). The minimum atomic E-state index is 0.201. The molecular formula is C13H22N2O. The Kier molecular flexibility index (Phi) is 3.99. The van der Waals surface area contributed by atoms with E-state index >= 15 is 0 Å². The van der Waals surface area contributed by atoms with Crippen molar-refractivity contribution in [2.24, 2.45) is 5.92 Å². The zero-order valence-electron chi connectivity index (χ0n) is 9.87. The number of nitrogens with one attached hydrogen (secondary N) is 2. The molecule has 2 rings (SSSR count). The van der Waals surface area contributed by atoms with Crippen LogP contribution in [0.3, 0.4) is 0 Å². The smallest absolute Gasteiger partial charge is 0.220 e. The Bertz CT molecular complexity index is 251. The maximum atomic E-state index is 11.1. The van der Waals surface area contributed by atoms with Crippen LogP contribution < -0.4 is 10.6 Å². The topological polar surface area (TPSA) is 41.1 Å². The number of piperidine rings is 1. The van der Waals surface area contributed by atoms with Gasteiger partial charge in [-0.25, -0.2) is 0 Å². The monoisotopic (exact) mass is 222 g/mol. The summed E-state index contributed by atoms with van der Waals surface area (Å²) in [7, 11) is 0. The molecule has 16 heavy (non-hydrogen) atoms. The van der Waals surface area contributed by atoms with Gasteiger partial charge in [0.05, 0.1) is 0 Å². The fraction of sp³-hybridized carbons (Fsp3) is 0.769. The predicted molar refractivity (Wildman–Crippen MR) is 65.1 cm³/mol. The van der Waals surface area contributed by atoms with Crippen molar-refractivity contribution in [3.63, 3.8) is 0 Å². The molecule has 0 aromatic heterocycles. The molecule has 0 bridgehead atoms. The molecule has 0 aromatic carbocycles. The van der Waals surface area contributed by atoms with E-state index in [-0.39, 0.29) is 5.91 Å². The molecule has 1 aliphatic heterocycles. The normalized spacial score (nSPS) is 27.2. The average molecular weight is 222 g/mol. The molecule has 3 nitrogen and oxygen atoms in total. The summed E-state index contributed by atoms with van der Waals surface area (Å²) in [5.41, 5.74) is 0. The van der Waals surface area contributed by atoms with Crippen LogP contribution in [0.4, 0.5) is 0 Å². The Hall–Kier alpha value is -0.830. The molecule has 0 radical (unpaired) electrons. The SMILES string of the molecule is C=CCCC(NC1CCC(=O)NC1)C1CC1. The van der Waals surface area contributed by atoms with E-state index in [0.717, 1.165) is 25.3 Å². The molecule has 1 aliphatic carbocycles. The van der Waals surface area contributed by atoms with Crippen LogP contribution in [0.1, 0.15) is 38.5 Å². The number of hydrogen-bond donors (Lipinski definition) is 2. The predicted octanol–water partition coefficient (Wildman–Crippen LogP) is 1.60. The molecule has 2 atom stereocenters. The Morgan fingerprint density at radius 1 is 1.50 bits per heavy atom. The van der Waals surface area contributed by atoms with Crippen LogP contribution in [0, 0.1) is 5.92 Å². The zero-order valence-corrected chi connectivity index (χ0v) is 9.87. The average Bonchev–Trinajstić information content (AvgIpc) is 3.11. The van der Waals surface area contributed by atoms with E-state index in [9.17, 15) is 4.79 Å². The van der Waals surface area contributed by atoms with Crippen molar-refractivity contribution in [2.75, 3.05) is 6.54 Å². The summed E-state index contributed by atoms with van der Waals surface area (Å²) in [6.45, 7) is 4.59. The van der Waals surface area contributed by atoms with Gasteiger partial charge < -0.3 is 10.6 Å². The van der Waals surface area contributed by atoms with Gasteiger partial charge in [0.2, 0.25) is 5.91 Å². The van der Waals surface area contributed by atoms with Gasteiger partial charge in [-0.3, -0.25) is 4.79 Å². The first-order valence-corrected chi connectivity index (χ1v) is 6.43. The number of amides is 1. The van der Waals surface area contributed by atoms with Crippen molar-refractivity contribution in [3.8, 4) is 0 Å². The van der Waals surface area contributed by atoms with Gasteiger partial charge in [-0.15, -0.1) is 6.58 Å². The second-order valence-electron chi connectivity index (χ2n) is 5.02. The summed E-state index contributed by atoms with van der Waals surface area (Å²) >= 11 is 0. The Labute approximate surface area is 97.7 Å². The van der Waals surface area contributed by atoms with Gasteiger partial charge in [-0.05, 0) is 38.0 Å². The summed E-state index contributed by atoms with van der Waals surface area (Å²) in [5, 5.41) is 6.64. The van der Waals surface area contributed by atoms with Crippen molar-refractivity contribution in [1.29, 1.82) is 0 Å². The fourth-order valence-corrected chi connectivity index (χ4v) is 2.43. The maximum absolute atomic E-state index is 11.1. The zero-order chi connectivity index (χ0) is 11.4. The maximum Gasteiger partial charge on any atom is 0.220 e. The van der Waals surface area contributed by atoms with Gasteiger partial charge >= 0.3 is 0 Å². The number of allylic oxidation sites excluding steroid dienone is 1. The first kappa shape index (κ1) is 11.6. The van der Waals surface area contributed by atoms with Crippen molar-refractivity contribution < 1.29 is 4.79 Å². The van der Waals surface area contributed by atoms with Crippen LogP contribution in [-0.4, -0.2) is 24.5 Å². The van der Waals surface area contributed by atoms with Crippen LogP contribution in [-0.2, 0) is 4.79 Å². The highest BCUT2D eigenvalue weighted by molar-refractivity contribution is 5.76. The van der Waals surface area contributed by atoms with E-state index in [4.69, 9.17) is 0 Å². The Balaban J connectivity index is 1.76. The van der Waals surface area contributed by atoms with Crippen LogP contribution in [0.15, 0.2) is 12.7 Å². The Morgan fingerprint density at radius 3 is 2.88 bits per heavy atom. The largest absolute Gasteiger partial charge is 0.355 e. The van der Waals surface area contributed by atoms with E-state index in [1.165, 1.54) is 19.3 Å². The molecule has 2 unspecified atom stereocenters.